The summed E-state index contributed by atoms with van der Waals surface area (Å²) in [6, 6.07) is 3.96. The first-order chi connectivity index (χ1) is 7.74. The molecule has 0 radical (unpaired) electrons. The summed E-state index contributed by atoms with van der Waals surface area (Å²) in [5, 5.41) is 3.15. The van der Waals surface area contributed by atoms with E-state index in [0.717, 1.165) is 24.4 Å². The van der Waals surface area contributed by atoms with Crippen molar-refractivity contribution in [1.29, 1.82) is 0 Å². The predicted molar refractivity (Wildman–Crippen MR) is 62.6 cm³/mol. The third kappa shape index (κ3) is 2.29. The van der Waals surface area contributed by atoms with Crippen LogP contribution in [0.5, 0.6) is 0 Å². The number of hydrogen-bond acceptors (Lipinski definition) is 4. The van der Waals surface area contributed by atoms with Crippen molar-refractivity contribution in [2.24, 2.45) is 0 Å². The molecule has 2 rings (SSSR count). The molecule has 2 heterocycles. The lowest BCUT2D eigenvalue weighted by Crippen LogP contribution is -2.21. The van der Waals surface area contributed by atoms with Crippen LogP contribution in [0.3, 0.4) is 0 Å². The minimum Gasteiger partial charge on any atom is -0.354 e. The van der Waals surface area contributed by atoms with Crippen LogP contribution < -0.4 is 5.32 Å². The van der Waals surface area contributed by atoms with Crippen LogP contribution in [0.25, 0.3) is 0 Å². The van der Waals surface area contributed by atoms with Crippen molar-refractivity contribution >= 4 is 17.4 Å². The molecule has 1 atom stereocenters. The number of anilines is 1. The molecule has 0 saturated heterocycles. The SMILES string of the molecule is COC(OC)c1ccc2c(n1)NC(Cl)CC2. The number of hydrogen-bond donors (Lipinski definition) is 1. The van der Waals surface area contributed by atoms with Crippen LogP contribution in [0.4, 0.5) is 5.82 Å². The smallest absolute Gasteiger partial charge is 0.200 e. The summed E-state index contributed by atoms with van der Waals surface area (Å²) in [7, 11) is 3.18. The number of nitrogens with one attached hydrogen (secondary N) is 1. The van der Waals surface area contributed by atoms with Crippen molar-refractivity contribution in [2.45, 2.75) is 24.6 Å². The van der Waals surface area contributed by atoms with Crippen LogP contribution in [0.15, 0.2) is 12.1 Å². The average molecular weight is 243 g/mol. The van der Waals surface area contributed by atoms with Crippen LogP contribution >= 0.6 is 11.6 Å². The Hall–Kier alpha value is -0.840. The monoisotopic (exact) mass is 242 g/mol. The molecule has 1 N–H and O–H groups in total. The molecule has 16 heavy (non-hydrogen) atoms. The van der Waals surface area contributed by atoms with Crippen LogP contribution in [0.2, 0.25) is 0 Å². The largest absolute Gasteiger partial charge is 0.354 e. The molecule has 0 aromatic carbocycles. The molecule has 1 aliphatic rings. The molecule has 1 aliphatic heterocycles. The van der Waals surface area contributed by atoms with Crippen molar-refractivity contribution in [3.8, 4) is 0 Å². The molecule has 1 aromatic heterocycles. The highest BCUT2D eigenvalue weighted by Gasteiger charge is 2.19. The summed E-state index contributed by atoms with van der Waals surface area (Å²) in [5.41, 5.74) is 1.90. The molecule has 1 aromatic rings. The highest BCUT2D eigenvalue weighted by Crippen LogP contribution is 2.26. The van der Waals surface area contributed by atoms with Crippen LogP contribution in [0, 0.1) is 0 Å². The minimum atomic E-state index is -0.428. The van der Waals surface area contributed by atoms with E-state index in [0.29, 0.717) is 0 Å². The molecule has 0 fully saturated rings. The van der Waals surface area contributed by atoms with Crippen molar-refractivity contribution in [2.75, 3.05) is 19.5 Å². The lowest BCUT2D eigenvalue weighted by atomic mass is 10.1. The molecule has 5 heteroatoms. The lowest BCUT2D eigenvalue weighted by Gasteiger charge is -2.23. The number of fused-ring (bicyclic) bond motifs is 1. The van der Waals surface area contributed by atoms with Gasteiger partial charge in [0, 0.05) is 14.2 Å². The van der Waals surface area contributed by atoms with Crippen molar-refractivity contribution in [3.05, 3.63) is 23.4 Å². The second kappa shape index (κ2) is 4.99. The Labute approximate surface area is 99.9 Å². The van der Waals surface area contributed by atoms with Crippen molar-refractivity contribution in [1.82, 2.24) is 4.98 Å². The summed E-state index contributed by atoms with van der Waals surface area (Å²) in [5.74, 6) is 0.836. The highest BCUT2D eigenvalue weighted by molar-refractivity contribution is 6.21. The molecule has 4 nitrogen and oxygen atoms in total. The number of nitrogens with zero attached hydrogens (tertiary/aromatic N) is 1. The van der Waals surface area contributed by atoms with Gasteiger partial charge in [0.15, 0.2) is 0 Å². The summed E-state index contributed by atoms with van der Waals surface area (Å²) >= 11 is 6.03. The Morgan fingerprint density at radius 2 is 2.19 bits per heavy atom. The number of aryl methyl sites for hydroxylation is 1. The molecular formula is C11H15ClN2O2. The van der Waals surface area contributed by atoms with Crippen molar-refractivity contribution in [3.63, 3.8) is 0 Å². The quantitative estimate of drug-likeness (QED) is 0.502. The van der Waals surface area contributed by atoms with E-state index in [4.69, 9.17) is 21.1 Å². The predicted octanol–water partition coefficient (Wildman–Crippen LogP) is 2.30. The third-order valence-corrected chi connectivity index (χ3v) is 2.96. The standard InChI is InChI=1S/C11H15ClN2O2/c1-15-11(16-2)8-5-3-7-4-6-9(12)14-10(7)13-8/h3,5,9,11H,4,6H2,1-2H3,(H,13,14). The zero-order chi connectivity index (χ0) is 11.5. The van der Waals surface area contributed by atoms with Crippen LogP contribution in [0.1, 0.15) is 24.0 Å². The molecule has 0 amide bonds. The maximum atomic E-state index is 6.03. The van der Waals surface area contributed by atoms with Gasteiger partial charge in [-0.15, -0.1) is 0 Å². The van der Waals surface area contributed by atoms with E-state index < -0.39 is 6.29 Å². The maximum absolute atomic E-state index is 6.03. The number of pyridine rings is 1. The van der Waals surface area contributed by atoms with E-state index >= 15 is 0 Å². The van der Waals surface area contributed by atoms with Gasteiger partial charge in [-0.3, -0.25) is 0 Å². The summed E-state index contributed by atoms with van der Waals surface area (Å²) < 4.78 is 10.3. The van der Waals surface area contributed by atoms with E-state index in [9.17, 15) is 0 Å². The van der Waals surface area contributed by atoms with Gasteiger partial charge in [-0.25, -0.2) is 4.98 Å². The lowest BCUT2D eigenvalue weighted by molar-refractivity contribution is -0.108. The fourth-order valence-corrected chi connectivity index (χ4v) is 2.01. The van der Waals surface area contributed by atoms with Gasteiger partial charge >= 0.3 is 0 Å². The van der Waals surface area contributed by atoms with Gasteiger partial charge in [0.05, 0.1) is 5.69 Å². The minimum absolute atomic E-state index is 0.0428. The first kappa shape index (κ1) is 11.6. The highest BCUT2D eigenvalue weighted by atomic mass is 35.5. The molecule has 0 saturated carbocycles. The van der Waals surface area contributed by atoms with Gasteiger partial charge in [0.25, 0.3) is 0 Å². The fraction of sp³-hybridized carbons (Fsp3) is 0.545. The molecule has 0 bridgehead atoms. The van der Waals surface area contributed by atoms with E-state index in [1.54, 1.807) is 14.2 Å². The summed E-state index contributed by atoms with van der Waals surface area (Å²) in [6.45, 7) is 0. The van der Waals surface area contributed by atoms with Crippen LogP contribution in [-0.2, 0) is 15.9 Å². The van der Waals surface area contributed by atoms with Gasteiger partial charge in [0.2, 0.25) is 6.29 Å². The molecule has 88 valence electrons. The number of rotatable bonds is 3. The van der Waals surface area contributed by atoms with Crippen molar-refractivity contribution < 1.29 is 9.47 Å². The Balaban J connectivity index is 2.27. The molecule has 1 unspecified atom stereocenters. The Morgan fingerprint density at radius 3 is 2.88 bits per heavy atom. The molecular weight excluding hydrogens is 228 g/mol. The second-order valence-electron chi connectivity index (χ2n) is 3.70. The third-order valence-electron chi connectivity index (χ3n) is 2.63. The Bertz CT molecular complexity index is 369. The maximum Gasteiger partial charge on any atom is 0.200 e. The Morgan fingerprint density at radius 1 is 1.44 bits per heavy atom. The fourth-order valence-electron chi connectivity index (χ4n) is 1.80. The topological polar surface area (TPSA) is 43.4 Å². The second-order valence-corrected chi connectivity index (χ2v) is 4.22. The van der Waals surface area contributed by atoms with E-state index in [1.807, 2.05) is 12.1 Å². The number of halogens is 1. The van der Waals surface area contributed by atoms with Gasteiger partial charge in [-0.05, 0) is 24.5 Å². The van der Waals surface area contributed by atoms with Gasteiger partial charge < -0.3 is 14.8 Å². The number of ether oxygens (including phenoxy) is 2. The van der Waals surface area contributed by atoms with Gasteiger partial charge in [-0.1, -0.05) is 17.7 Å². The van der Waals surface area contributed by atoms with E-state index in [-0.39, 0.29) is 5.50 Å². The van der Waals surface area contributed by atoms with E-state index in [2.05, 4.69) is 10.3 Å². The van der Waals surface area contributed by atoms with E-state index in [1.165, 1.54) is 5.56 Å². The number of alkyl halides is 1. The first-order valence-electron chi connectivity index (χ1n) is 5.20. The summed E-state index contributed by atoms with van der Waals surface area (Å²) in [6.07, 6.45) is 1.45. The molecule has 0 spiro atoms. The zero-order valence-electron chi connectivity index (χ0n) is 9.37. The normalized spacial score (nSPS) is 19.4. The Kier molecular flexibility index (Phi) is 3.63. The average Bonchev–Trinajstić information content (AvgIpc) is 2.30. The number of methoxy groups -OCH3 is 2. The zero-order valence-corrected chi connectivity index (χ0v) is 10.1. The molecule has 0 aliphatic carbocycles. The van der Waals surface area contributed by atoms with Gasteiger partial charge in [0.1, 0.15) is 11.3 Å². The number of aromatic nitrogens is 1. The summed E-state index contributed by atoms with van der Waals surface area (Å²) in [4.78, 5) is 4.46. The van der Waals surface area contributed by atoms with Gasteiger partial charge in [-0.2, -0.15) is 0 Å². The van der Waals surface area contributed by atoms with Crippen LogP contribution in [-0.4, -0.2) is 24.7 Å². The first-order valence-corrected chi connectivity index (χ1v) is 5.64.